The quantitative estimate of drug-likeness (QED) is 0.775. The summed E-state index contributed by atoms with van der Waals surface area (Å²) >= 11 is 0. The van der Waals surface area contributed by atoms with E-state index >= 15 is 0 Å². The van der Waals surface area contributed by atoms with Gasteiger partial charge in [-0.05, 0) is 18.9 Å². The van der Waals surface area contributed by atoms with Crippen molar-refractivity contribution in [3.63, 3.8) is 0 Å². The van der Waals surface area contributed by atoms with Crippen molar-refractivity contribution in [1.29, 1.82) is 0 Å². The summed E-state index contributed by atoms with van der Waals surface area (Å²) in [5, 5.41) is 0. The van der Waals surface area contributed by atoms with Gasteiger partial charge in [0.25, 0.3) is 6.43 Å². The Kier molecular flexibility index (Phi) is 2.46. The molecule has 5 heteroatoms. The molecule has 0 spiro atoms. The van der Waals surface area contributed by atoms with Crippen LogP contribution in [-0.2, 0) is 6.42 Å². The summed E-state index contributed by atoms with van der Waals surface area (Å²) in [5.74, 6) is -0.0425. The van der Waals surface area contributed by atoms with E-state index in [0.717, 1.165) is 30.8 Å². The molecule has 1 aromatic rings. The minimum absolute atomic E-state index is 0.0425. The number of aromatic nitrogens is 1. The maximum atomic E-state index is 12.6. The molecule has 0 unspecified atom stereocenters. The zero-order chi connectivity index (χ0) is 11.0. The number of rotatable bonds is 1. The Morgan fingerprint density at radius 1 is 1.53 bits per heavy atom. The molecule has 15 heavy (non-hydrogen) atoms. The third-order valence-corrected chi connectivity index (χ3v) is 2.69. The van der Waals surface area contributed by atoms with Crippen molar-refractivity contribution >= 4 is 11.5 Å². The second-order valence-corrected chi connectivity index (χ2v) is 3.75. The molecule has 0 atom stereocenters. The highest BCUT2D eigenvalue weighted by atomic mass is 19.3. The highest BCUT2D eigenvalue weighted by molar-refractivity contribution is 5.59. The lowest BCUT2D eigenvalue weighted by molar-refractivity contribution is 0.152. The van der Waals surface area contributed by atoms with Crippen LogP contribution in [0.15, 0.2) is 6.07 Å². The van der Waals surface area contributed by atoms with E-state index in [-0.39, 0.29) is 11.4 Å². The number of pyridine rings is 1. The molecule has 0 saturated heterocycles. The van der Waals surface area contributed by atoms with Gasteiger partial charge in [0.05, 0.1) is 16.9 Å². The number of hydrogen-bond donors (Lipinski definition) is 1. The lowest BCUT2D eigenvalue weighted by Gasteiger charge is -2.27. The summed E-state index contributed by atoms with van der Waals surface area (Å²) in [5.41, 5.74) is 6.92. The Morgan fingerprint density at radius 3 is 2.93 bits per heavy atom. The van der Waals surface area contributed by atoms with Crippen LogP contribution < -0.4 is 10.6 Å². The van der Waals surface area contributed by atoms with Gasteiger partial charge in [-0.3, -0.25) is 0 Å². The van der Waals surface area contributed by atoms with Gasteiger partial charge in [0.2, 0.25) is 0 Å². The molecular formula is C10H13F2N3. The number of nitrogens with two attached hydrogens (primary N) is 1. The highest BCUT2D eigenvalue weighted by Crippen LogP contribution is 2.32. The average Bonchev–Trinajstić information content (AvgIpc) is 2.16. The minimum Gasteiger partial charge on any atom is -0.383 e. The molecule has 1 aliphatic heterocycles. The molecule has 82 valence electrons. The first-order valence-corrected chi connectivity index (χ1v) is 4.88. The van der Waals surface area contributed by atoms with Crippen LogP contribution in [0.5, 0.6) is 0 Å². The molecule has 2 N–H and O–H groups in total. The second kappa shape index (κ2) is 3.64. The van der Waals surface area contributed by atoms with E-state index < -0.39 is 6.43 Å². The van der Waals surface area contributed by atoms with E-state index in [2.05, 4.69) is 4.98 Å². The predicted molar refractivity (Wildman–Crippen MR) is 55.2 cm³/mol. The molecule has 0 radical (unpaired) electrons. The maximum Gasteiger partial charge on any atom is 0.267 e. The Balaban J connectivity index is 2.50. The molecule has 0 saturated carbocycles. The molecule has 0 bridgehead atoms. The summed E-state index contributed by atoms with van der Waals surface area (Å²) in [6.07, 6.45) is -0.754. The third-order valence-electron chi connectivity index (χ3n) is 2.69. The lowest BCUT2D eigenvalue weighted by atomic mass is 10.1. The normalized spacial score (nSPS) is 15.6. The third kappa shape index (κ3) is 1.73. The van der Waals surface area contributed by atoms with Gasteiger partial charge in [0, 0.05) is 13.6 Å². The Hall–Kier alpha value is -1.39. The Morgan fingerprint density at radius 2 is 2.27 bits per heavy atom. The number of nitrogens with zero attached hydrogens (tertiary/aromatic N) is 2. The Bertz CT molecular complexity index is 379. The molecule has 0 fully saturated rings. The molecule has 1 aromatic heterocycles. The van der Waals surface area contributed by atoms with Crippen molar-refractivity contribution < 1.29 is 8.78 Å². The van der Waals surface area contributed by atoms with E-state index in [1.165, 1.54) is 6.07 Å². The average molecular weight is 213 g/mol. The number of nitrogen functional groups attached to an aromatic ring is 1. The molecular weight excluding hydrogens is 200 g/mol. The first kappa shape index (κ1) is 10.1. The van der Waals surface area contributed by atoms with Gasteiger partial charge in [0.1, 0.15) is 5.82 Å². The Labute approximate surface area is 86.9 Å². The van der Waals surface area contributed by atoms with Gasteiger partial charge in [-0.15, -0.1) is 0 Å². The van der Waals surface area contributed by atoms with E-state index in [9.17, 15) is 8.78 Å². The largest absolute Gasteiger partial charge is 0.383 e. The number of alkyl halides is 2. The second-order valence-electron chi connectivity index (χ2n) is 3.75. The highest BCUT2D eigenvalue weighted by Gasteiger charge is 2.20. The van der Waals surface area contributed by atoms with Crippen LogP contribution in [0.3, 0.4) is 0 Å². The fourth-order valence-electron chi connectivity index (χ4n) is 1.87. The van der Waals surface area contributed by atoms with Crippen molar-refractivity contribution in [3.05, 3.63) is 17.3 Å². The van der Waals surface area contributed by atoms with Crippen molar-refractivity contribution in [2.45, 2.75) is 19.3 Å². The molecule has 0 amide bonds. The maximum absolute atomic E-state index is 12.6. The van der Waals surface area contributed by atoms with Crippen LogP contribution in [-0.4, -0.2) is 18.6 Å². The monoisotopic (exact) mass is 213 g/mol. The number of hydrogen-bond acceptors (Lipinski definition) is 3. The number of anilines is 2. The van der Waals surface area contributed by atoms with Crippen LogP contribution in [0.4, 0.5) is 20.3 Å². The van der Waals surface area contributed by atoms with Crippen LogP contribution in [0.25, 0.3) is 0 Å². The fraction of sp³-hybridized carbons (Fsp3) is 0.500. The van der Waals surface area contributed by atoms with Gasteiger partial charge < -0.3 is 10.6 Å². The van der Waals surface area contributed by atoms with Crippen LogP contribution in [0, 0.1) is 0 Å². The minimum atomic E-state index is -2.56. The first-order valence-electron chi connectivity index (χ1n) is 4.88. The lowest BCUT2D eigenvalue weighted by Crippen LogP contribution is -2.26. The molecule has 2 heterocycles. The number of fused-ring (bicyclic) bond motifs is 1. The van der Waals surface area contributed by atoms with E-state index in [1.54, 1.807) is 0 Å². The van der Waals surface area contributed by atoms with Gasteiger partial charge >= 0.3 is 0 Å². The summed E-state index contributed by atoms with van der Waals surface area (Å²) in [4.78, 5) is 5.98. The van der Waals surface area contributed by atoms with Crippen LogP contribution in [0.1, 0.15) is 24.1 Å². The summed E-state index contributed by atoms with van der Waals surface area (Å²) < 4.78 is 25.2. The topological polar surface area (TPSA) is 42.2 Å². The van der Waals surface area contributed by atoms with Gasteiger partial charge in [-0.25, -0.2) is 13.8 Å². The zero-order valence-corrected chi connectivity index (χ0v) is 8.50. The molecule has 0 aliphatic carbocycles. The molecule has 3 nitrogen and oxygen atoms in total. The van der Waals surface area contributed by atoms with Gasteiger partial charge in [-0.2, -0.15) is 0 Å². The van der Waals surface area contributed by atoms with Gasteiger partial charge in [0.15, 0.2) is 0 Å². The van der Waals surface area contributed by atoms with Gasteiger partial charge in [-0.1, -0.05) is 0 Å². The molecule has 1 aliphatic rings. The number of aryl methyl sites for hydroxylation is 1. The van der Waals surface area contributed by atoms with E-state index in [1.807, 2.05) is 11.9 Å². The summed E-state index contributed by atoms with van der Waals surface area (Å²) in [6, 6.07) is 1.46. The smallest absolute Gasteiger partial charge is 0.267 e. The van der Waals surface area contributed by atoms with E-state index in [4.69, 9.17) is 5.73 Å². The predicted octanol–water partition coefficient (Wildman–Crippen LogP) is 1.98. The van der Waals surface area contributed by atoms with Crippen LogP contribution in [0.2, 0.25) is 0 Å². The summed E-state index contributed by atoms with van der Waals surface area (Å²) in [7, 11) is 1.88. The van der Waals surface area contributed by atoms with Crippen molar-refractivity contribution in [2.75, 3.05) is 24.2 Å². The summed E-state index contributed by atoms with van der Waals surface area (Å²) in [6.45, 7) is 0.876. The standard InChI is InChI=1S/C10H13F2N3/c1-15-4-2-3-7-8(15)5-6(9(11)12)10(13)14-7/h5,9H,2-4H2,1H3,(H2,13,14). The van der Waals surface area contributed by atoms with Crippen molar-refractivity contribution in [2.24, 2.45) is 0 Å². The van der Waals surface area contributed by atoms with Crippen LogP contribution >= 0.6 is 0 Å². The number of halogens is 2. The molecule has 0 aromatic carbocycles. The van der Waals surface area contributed by atoms with Crippen molar-refractivity contribution in [3.8, 4) is 0 Å². The molecule has 2 rings (SSSR count). The SMILES string of the molecule is CN1CCCc2nc(N)c(C(F)F)cc21. The van der Waals surface area contributed by atoms with E-state index in [0.29, 0.717) is 0 Å². The fourth-order valence-corrected chi connectivity index (χ4v) is 1.87. The zero-order valence-electron chi connectivity index (χ0n) is 8.50. The van der Waals surface area contributed by atoms with Crippen molar-refractivity contribution in [1.82, 2.24) is 4.98 Å². The first-order chi connectivity index (χ1) is 7.09.